The Labute approximate surface area is 232 Å². The lowest BCUT2D eigenvalue weighted by Gasteiger charge is -2.12. The summed E-state index contributed by atoms with van der Waals surface area (Å²) in [4.78, 5) is 9.32. The van der Waals surface area contributed by atoms with Crippen LogP contribution in [0.2, 0.25) is 0 Å². The van der Waals surface area contributed by atoms with Crippen molar-refractivity contribution in [2.45, 2.75) is 105 Å². The Morgan fingerprint density at radius 1 is 0.632 bits per heavy atom. The van der Waals surface area contributed by atoms with Crippen molar-refractivity contribution in [2.75, 3.05) is 6.61 Å². The van der Waals surface area contributed by atoms with Crippen LogP contribution in [0.25, 0.3) is 22.5 Å². The molecule has 0 spiro atoms. The Hall–Kier alpha value is -2.68. The quantitative estimate of drug-likeness (QED) is 0.158. The van der Waals surface area contributed by atoms with Crippen LogP contribution >= 0.6 is 0 Å². The minimum Gasteiger partial charge on any atom is -0.494 e. The number of hydrogen-bond acceptors (Lipinski definition) is 3. The minimum atomic E-state index is 0.671. The van der Waals surface area contributed by atoms with Gasteiger partial charge < -0.3 is 4.74 Å². The fraction of sp³-hybridized carbons (Fsp3) is 0.543. The molecule has 0 saturated heterocycles. The molecule has 3 heteroatoms. The first-order valence-electron chi connectivity index (χ1n) is 15.2. The van der Waals surface area contributed by atoms with E-state index >= 15 is 0 Å². The zero-order valence-electron chi connectivity index (χ0n) is 24.4. The van der Waals surface area contributed by atoms with E-state index in [9.17, 15) is 0 Å². The summed E-state index contributed by atoms with van der Waals surface area (Å²) in [7, 11) is 0. The summed E-state index contributed by atoms with van der Waals surface area (Å²) < 4.78 is 5.96. The van der Waals surface area contributed by atoms with Gasteiger partial charge >= 0.3 is 0 Å². The summed E-state index contributed by atoms with van der Waals surface area (Å²) in [5, 5.41) is 0. The van der Waals surface area contributed by atoms with Gasteiger partial charge in [-0.1, -0.05) is 128 Å². The van der Waals surface area contributed by atoms with E-state index in [1.54, 1.807) is 0 Å². The summed E-state index contributed by atoms with van der Waals surface area (Å²) in [6, 6.07) is 17.0. The third kappa shape index (κ3) is 11.0. The smallest absolute Gasteiger partial charge is 0.159 e. The molecule has 1 atom stereocenters. The van der Waals surface area contributed by atoms with Gasteiger partial charge in [-0.25, -0.2) is 9.97 Å². The van der Waals surface area contributed by atoms with E-state index in [-0.39, 0.29) is 0 Å². The van der Waals surface area contributed by atoms with Gasteiger partial charge in [0.05, 0.1) is 6.61 Å². The molecule has 38 heavy (non-hydrogen) atoms. The summed E-state index contributed by atoms with van der Waals surface area (Å²) in [5.74, 6) is 3.21. The second-order valence-corrected chi connectivity index (χ2v) is 11.5. The molecule has 0 amide bonds. The molecule has 0 radical (unpaired) electrons. The SMILES string of the molecule is CCCCCCCCCCOc1ccc(-c2ccc(-c3ncc(CC(C)CCCC(C)C)cn3)cc2)cc1. The van der Waals surface area contributed by atoms with Gasteiger partial charge in [-0.3, -0.25) is 0 Å². The zero-order chi connectivity index (χ0) is 27.0. The van der Waals surface area contributed by atoms with Crippen LogP contribution in [-0.4, -0.2) is 16.6 Å². The predicted molar refractivity (Wildman–Crippen MR) is 163 cm³/mol. The van der Waals surface area contributed by atoms with Crippen molar-refractivity contribution in [2.24, 2.45) is 11.8 Å². The lowest BCUT2D eigenvalue weighted by Crippen LogP contribution is -2.02. The summed E-state index contributed by atoms with van der Waals surface area (Å²) in [6.07, 6.45) is 19.5. The van der Waals surface area contributed by atoms with E-state index in [0.29, 0.717) is 5.92 Å². The maximum absolute atomic E-state index is 5.96. The molecule has 0 fully saturated rings. The van der Waals surface area contributed by atoms with Crippen molar-refractivity contribution >= 4 is 0 Å². The number of nitrogens with zero attached hydrogens (tertiary/aromatic N) is 2. The lowest BCUT2D eigenvalue weighted by atomic mass is 9.95. The van der Waals surface area contributed by atoms with Gasteiger partial charge in [-0.15, -0.1) is 0 Å². The fourth-order valence-electron chi connectivity index (χ4n) is 4.97. The third-order valence-corrected chi connectivity index (χ3v) is 7.37. The van der Waals surface area contributed by atoms with E-state index in [2.05, 4.69) is 86.2 Å². The van der Waals surface area contributed by atoms with Crippen LogP contribution in [0.3, 0.4) is 0 Å². The molecule has 1 aromatic heterocycles. The maximum atomic E-state index is 5.96. The molecule has 0 aliphatic rings. The van der Waals surface area contributed by atoms with Crippen molar-refractivity contribution in [1.29, 1.82) is 0 Å². The molecule has 1 unspecified atom stereocenters. The first-order valence-corrected chi connectivity index (χ1v) is 15.2. The molecular formula is C35H50N2O. The second kappa shape index (κ2) is 17.0. The van der Waals surface area contributed by atoms with Gasteiger partial charge in [0, 0.05) is 18.0 Å². The molecule has 3 nitrogen and oxygen atoms in total. The summed E-state index contributed by atoms with van der Waals surface area (Å²) >= 11 is 0. The van der Waals surface area contributed by atoms with E-state index in [1.807, 2.05) is 12.4 Å². The third-order valence-electron chi connectivity index (χ3n) is 7.37. The highest BCUT2D eigenvalue weighted by Gasteiger charge is 2.08. The van der Waals surface area contributed by atoms with E-state index in [1.165, 1.54) is 80.9 Å². The molecule has 3 rings (SSSR count). The van der Waals surface area contributed by atoms with Gasteiger partial charge in [0.25, 0.3) is 0 Å². The van der Waals surface area contributed by atoms with Crippen LogP contribution in [-0.2, 0) is 6.42 Å². The molecule has 0 saturated carbocycles. The number of hydrogen-bond donors (Lipinski definition) is 0. The number of unbranched alkanes of at least 4 members (excludes halogenated alkanes) is 7. The van der Waals surface area contributed by atoms with Crippen LogP contribution in [0.15, 0.2) is 60.9 Å². The van der Waals surface area contributed by atoms with Crippen molar-refractivity contribution in [3.05, 3.63) is 66.5 Å². The summed E-state index contributed by atoms with van der Waals surface area (Å²) in [5.41, 5.74) is 4.66. The Bertz CT molecular complexity index is 1010. The zero-order valence-corrected chi connectivity index (χ0v) is 24.4. The minimum absolute atomic E-state index is 0.671. The lowest BCUT2D eigenvalue weighted by molar-refractivity contribution is 0.304. The van der Waals surface area contributed by atoms with Gasteiger partial charge in [-0.2, -0.15) is 0 Å². The Balaban J connectivity index is 1.42. The van der Waals surface area contributed by atoms with Crippen molar-refractivity contribution in [3.8, 4) is 28.3 Å². The maximum Gasteiger partial charge on any atom is 0.159 e. The van der Waals surface area contributed by atoms with Gasteiger partial charge in [0.2, 0.25) is 0 Å². The average Bonchev–Trinajstić information content (AvgIpc) is 2.93. The largest absolute Gasteiger partial charge is 0.494 e. The fourth-order valence-corrected chi connectivity index (χ4v) is 4.97. The highest BCUT2D eigenvalue weighted by atomic mass is 16.5. The van der Waals surface area contributed by atoms with Crippen LogP contribution in [0.5, 0.6) is 5.75 Å². The second-order valence-electron chi connectivity index (χ2n) is 11.5. The number of rotatable bonds is 18. The topological polar surface area (TPSA) is 35.0 Å². The molecule has 0 aliphatic heterocycles. The van der Waals surface area contributed by atoms with Gasteiger partial charge in [0.15, 0.2) is 5.82 Å². The Kier molecular flexibility index (Phi) is 13.4. The summed E-state index contributed by atoms with van der Waals surface area (Å²) in [6.45, 7) is 10.0. The molecule has 2 aromatic carbocycles. The number of ether oxygens (including phenoxy) is 1. The molecule has 3 aromatic rings. The normalized spacial score (nSPS) is 12.1. The molecular weight excluding hydrogens is 464 g/mol. The van der Waals surface area contributed by atoms with Crippen molar-refractivity contribution in [3.63, 3.8) is 0 Å². The Morgan fingerprint density at radius 3 is 1.79 bits per heavy atom. The highest BCUT2D eigenvalue weighted by Crippen LogP contribution is 2.25. The number of aromatic nitrogens is 2. The van der Waals surface area contributed by atoms with Crippen LogP contribution in [0.4, 0.5) is 0 Å². The van der Waals surface area contributed by atoms with Gasteiger partial charge in [-0.05, 0) is 53.5 Å². The van der Waals surface area contributed by atoms with E-state index in [4.69, 9.17) is 4.74 Å². The van der Waals surface area contributed by atoms with Crippen molar-refractivity contribution in [1.82, 2.24) is 9.97 Å². The standard InChI is InChI=1S/C35H50N2O/c1-5-6-7-8-9-10-11-12-24-38-34-22-20-32(21-23-34)31-16-18-33(19-17-31)35-36-26-30(27-37-35)25-29(4)15-13-14-28(2)3/h16-23,26-29H,5-15,24-25H2,1-4H3. The molecule has 1 heterocycles. The van der Waals surface area contributed by atoms with Crippen LogP contribution in [0, 0.1) is 11.8 Å². The van der Waals surface area contributed by atoms with Crippen molar-refractivity contribution < 1.29 is 4.74 Å². The van der Waals surface area contributed by atoms with Gasteiger partial charge in [0.1, 0.15) is 5.75 Å². The molecule has 0 N–H and O–H groups in total. The predicted octanol–water partition coefficient (Wildman–Crippen LogP) is 10.3. The first kappa shape index (κ1) is 29.9. The first-order chi connectivity index (χ1) is 18.5. The van der Waals surface area contributed by atoms with E-state index < -0.39 is 0 Å². The average molecular weight is 515 g/mol. The number of benzene rings is 2. The molecule has 0 bridgehead atoms. The van der Waals surface area contributed by atoms with Crippen LogP contribution < -0.4 is 4.74 Å². The van der Waals surface area contributed by atoms with Crippen LogP contribution in [0.1, 0.15) is 104 Å². The monoisotopic (exact) mass is 514 g/mol. The Morgan fingerprint density at radius 2 is 1.18 bits per heavy atom. The molecule has 206 valence electrons. The highest BCUT2D eigenvalue weighted by molar-refractivity contribution is 5.68. The molecule has 0 aliphatic carbocycles. The van der Waals surface area contributed by atoms with E-state index in [0.717, 1.165) is 42.5 Å².